The number of dihydropyridines is 1. The van der Waals surface area contributed by atoms with Crippen molar-refractivity contribution in [1.82, 2.24) is 14.6 Å². The monoisotopic (exact) mass is 920 g/mol. The van der Waals surface area contributed by atoms with Crippen LogP contribution in [0.5, 0.6) is 11.5 Å². The fourth-order valence-electron chi connectivity index (χ4n) is 8.81. The molecule has 16 heteroatoms. The Morgan fingerprint density at radius 3 is 1.80 bits per heavy atom. The number of benzene rings is 2. The van der Waals surface area contributed by atoms with E-state index < -0.39 is 20.0 Å². The van der Waals surface area contributed by atoms with Crippen LogP contribution in [0, 0.1) is 11.8 Å². The number of allylic oxidation sites excluding steroid dienone is 4. The number of aliphatic hydroxyl groups is 2. The van der Waals surface area contributed by atoms with Crippen molar-refractivity contribution in [2.75, 3.05) is 43.9 Å². The molecule has 2 saturated heterocycles. The van der Waals surface area contributed by atoms with Crippen molar-refractivity contribution in [3.63, 3.8) is 0 Å². The smallest absolute Gasteiger partial charge is 0.264 e. The van der Waals surface area contributed by atoms with Gasteiger partial charge in [0.1, 0.15) is 11.5 Å². The number of hydrogen-bond acceptors (Lipinski definition) is 12. The second-order valence-corrected chi connectivity index (χ2v) is 20.8. The van der Waals surface area contributed by atoms with Gasteiger partial charge in [0.15, 0.2) is 0 Å². The first kappa shape index (κ1) is 47.5. The highest BCUT2D eigenvalue weighted by Gasteiger charge is 2.37. The Morgan fingerprint density at radius 1 is 0.734 bits per heavy atom. The maximum absolute atomic E-state index is 13.7. The lowest BCUT2D eigenvalue weighted by Crippen LogP contribution is -2.43. The Bertz CT molecular complexity index is 2430. The van der Waals surface area contributed by atoms with Crippen molar-refractivity contribution in [1.29, 1.82) is 0 Å². The SMILES string of the molecule is C/C=C1/C=CC2=C(CCC(C)N2S(=O)(=O)c2ccc(OCC3CCOCC3)c(CO)c2)N1.CCc1ccc2c(n1)CCC(C)N2S(=O)(=O)c1ccc(OCC2CCOCC2)c(CO)c1. The molecule has 348 valence electrons. The third-order valence-corrected chi connectivity index (χ3v) is 16.6. The molecule has 2 atom stereocenters. The lowest BCUT2D eigenvalue weighted by atomic mass is 10.0. The zero-order chi connectivity index (χ0) is 45.4. The molecule has 5 aliphatic heterocycles. The zero-order valence-electron chi connectivity index (χ0n) is 37.5. The first-order valence-electron chi connectivity index (χ1n) is 22.7. The fourth-order valence-corrected chi connectivity index (χ4v) is 12.3. The van der Waals surface area contributed by atoms with E-state index in [9.17, 15) is 27.0 Å². The Labute approximate surface area is 379 Å². The second-order valence-electron chi connectivity index (χ2n) is 17.2. The number of rotatable bonds is 13. The summed E-state index contributed by atoms with van der Waals surface area (Å²) >= 11 is 0. The van der Waals surface area contributed by atoms with Crippen LogP contribution in [0.15, 0.2) is 93.6 Å². The van der Waals surface area contributed by atoms with Crippen LogP contribution in [0.4, 0.5) is 5.69 Å². The lowest BCUT2D eigenvalue weighted by molar-refractivity contribution is 0.0493. The van der Waals surface area contributed by atoms with E-state index in [2.05, 4.69) is 10.3 Å². The van der Waals surface area contributed by atoms with Crippen LogP contribution in [-0.4, -0.2) is 88.1 Å². The van der Waals surface area contributed by atoms with Crippen molar-refractivity contribution in [2.45, 2.75) is 121 Å². The number of fused-ring (bicyclic) bond motifs is 1. The van der Waals surface area contributed by atoms with Gasteiger partial charge < -0.3 is 34.5 Å². The summed E-state index contributed by atoms with van der Waals surface area (Å²) in [6.07, 6.45) is 13.3. The van der Waals surface area contributed by atoms with Gasteiger partial charge in [-0.05, 0) is 151 Å². The Morgan fingerprint density at radius 2 is 1.27 bits per heavy atom. The standard InChI is InChI=1S/2C24H32N2O5S/c2*1-3-20-5-8-23-22(25-20)7-4-17(2)26(23)32(28,29)21-6-9-24(19(14-21)15-27)31-16-18-10-12-30-13-11-18/h5-6,8-9,14,17-18,27H,3-4,7,10-13,15-16H2,1-2H3;3,5-6,8-9,14,17-18,25,27H,4,7,10-13,15-16H2,1-2H3/b;20-3-. The maximum atomic E-state index is 13.7. The summed E-state index contributed by atoms with van der Waals surface area (Å²) in [5.41, 5.74) is 5.94. The Kier molecular flexibility index (Phi) is 15.8. The zero-order valence-corrected chi connectivity index (χ0v) is 39.1. The van der Waals surface area contributed by atoms with Crippen LogP contribution in [0.25, 0.3) is 0 Å². The Hall–Kier alpha value is -4.45. The molecule has 5 aliphatic rings. The van der Waals surface area contributed by atoms with Gasteiger partial charge >= 0.3 is 0 Å². The quantitative estimate of drug-likeness (QED) is 0.162. The van der Waals surface area contributed by atoms with Crippen LogP contribution in [-0.2, 0) is 55.6 Å². The van der Waals surface area contributed by atoms with Gasteiger partial charge in [0.25, 0.3) is 20.0 Å². The van der Waals surface area contributed by atoms with Crippen molar-refractivity contribution < 1.29 is 46.0 Å². The van der Waals surface area contributed by atoms with Crippen molar-refractivity contribution in [3.05, 3.63) is 106 Å². The highest BCUT2D eigenvalue weighted by Crippen LogP contribution is 2.38. The number of anilines is 1. The van der Waals surface area contributed by atoms with Crippen LogP contribution in [0.1, 0.15) is 95.2 Å². The minimum absolute atomic E-state index is 0.152. The third kappa shape index (κ3) is 10.6. The van der Waals surface area contributed by atoms with E-state index >= 15 is 0 Å². The van der Waals surface area contributed by atoms with Crippen molar-refractivity contribution >= 4 is 25.7 Å². The number of nitrogens with zero attached hydrogens (tertiary/aromatic N) is 3. The number of sulfonamides is 2. The molecule has 0 aliphatic carbocycles. The second kappa shape index (κ2) is 21.2. The molecular weight excluding hydrogens is 857 g/mol. The topological polar surface area (TPSA) is 177 Å². The number of aryl methyl sites for hydroxylation is 2. The molecule has 3 N–H and O–H groups in total. The molecule has 6 heterocycles. The van der Waals surface area contributed by atoms with Gasteiger partial charge in [0, 0.05) is 66.7 Å². The van der Waals surface area contributed by atoms with Crippen molar-refractivity contribution in [2.24, 2.45) is 11.8 Å². The summed E-state index contributed by atoms with van der Waals surface area (Å²) in [5, 5.41) is 23.1. The van der Waals surface area contributed by atoms with E-state index in [0.717, 1.165) is 101 Å². The van der Waals surface area contributed by atoms with Crippen LogP contribution < -0.4 is 19.1 Å². The predicted molar refractivity (Wildman–Crippen MR) is 245 cm³/mol. The van der Waals surface area contributed by atoms with Crippen LogP contribution in [0.2, 0.25) is 0 Å². The summed E-state index contributed by atoms with van der Waals surface area (Å²) in [6.45, 7) is 11.3. The number of pyridine rings is 1. The summed E-state index contributed by atoms with van der Waals surface area (Å²) in [7, 11) is -7.63. The summed E-state index contributed by atoms with van der Waals surface area (Å²) in [5.74, 6) is 1.87. The lowest BCUT2D eigenvalue weighted by Gasteiger charge is -2.38. The highest BCUT2D eigenvalue weighted by molar-refractivity contribution is 7.93. The Balaban J connectivity index is 0.000000191. The molecule has 0 saturated carbocycles. The number of hydrogen-bond donors (Lipinski definition) is 3. The van der Waals surface area contributed by atoms with Gasteiger partial charge in [0.2, 0.25) is 0 Å². The molecule has 0 bridgehead atoms. The van der Waals surface area contributed by atoms with E-state index in [1.165, 1.54) is 20.7 Å². The molecule has 0 radical (unpaired) electrons. The molecule has 2 unspecified atom stereocenters. The highest BCUT2D eigenvalue weighted by atomic mass is 32.2. The van der Waals surface area contributed by atoms with E-state index in [0.29, 0.717) is 65.5 Å². The van der Waals surface area contributed by atoms with Gasteiger partial charge in [-0.3, -0.25) is 13.6 Å². The number of aliphatic hydroxyl groups excluding tert-OH is 2. The minimum atomic E-state index is -3.82. The molecule has 0 spiro atoms. The van der Waals surface area contributed by atoms with E-state index in [1.54, 1.807) is 24.3 Å². The van der Waals surface area contributed by atoms with Gasteiger partial charge in [-0.25, -0.2) is 16.8 Å². The van der Waals surface area contributed by atoms with E-state index in [4.69, 9.17) is 18.9 Å². The minimum Gasteiger partial charge on any atom is -0.493 e. The van der Waals surface area contributed by atoms with Gasteiger partial charge in [-0.2, -0.15) is 0 Å². The molecule has 64 heavy (non-hydrogen) atoms. The first-order valence-corrected chi connectivity index (χ1v) is 25.6. The summed E-state index contributed by atoms with van der Waals surface area (Å²) in [4.78, 5) is 4.98. The molecular formula is C48H64N4O10S2. The number of aromatic nitrogens is 1. The summed E-state index contributed by atoms with van der Waals surface area (Å²) < 4.78 is 80.3. The largest absolute Gasteiger partial charge is 0.493 e. The normalized spacial score (nSPS) is 21.4. The average molecular weight is 921 g/mol. The molecule has 8 rings (SSSR count). The average Bonchev–Trinajstić information content (AvgIpc) is 3.32. The summed E-state index contributed by atoms with van der Waals surface area (Å²) in [6, 6.07) is 13.0. The number of nitrogens with one attached hydrogen (secondary N) is 1. The first-order chi connectivity index (χ1) is 30.9. The van der Waals surface area contributed by atoms with E-state index in [1.807, 2.05) is 58.1 Å². The number of ether oxygens (including phenoxy) is 4. The fraction of sp³-hybridized carbons (Fsp3) is 0.521. The van der Waals surface area contributed by atoms with Crippen LogP contribution in [0.3, 0.4) is 0 Å². The predicted octanol–water partition coefficient (Wildman–Crippen LogP) is 6.90. The van der Waals surface area contributed by atoms with Crippen LogP contribution >= 0.6 is 0 Å². The van der Waals surface area contributed by atoms with E-state index in [-0.39, 0.29) is 35.1 Å². The molecule has 1 aromatic heterocycles. The molecule has 3 aromatic rings. The maximum Gasteiger partial charge on any atom is 0.264 e. The van der Waals surface area contributed by atoms with Gasteiger partial charge in [-0.1, -0.05) is 13.0 Å². The molecule has 0 amide bonds. The molecule has 14 nitrogen and oxygen atoms in total. The third-order valence-electron chi connectivity index (χ3n) is 12.7. The molecule has 2 aromatic carbocycles. The van der Waals surface area contributed by atoms with Gasteiger partial charge in [0.05, 0.1) is 53.3 Å². The molecule has 2 fully saturated rings. The van der Waals surface area contributed by atoms with Gasteiger partial charge in [-0.15, -0.1) is 0 Å². The van der Waals surface area contributed by atoms with Crippen molar-refractivity contribution in [3.8, 4) is 11.5 Å².